The molecule has 164 valence electrons. The van der Waals surface area contributed by atoms with Crippen molar-refractivity contribution in [3.8, 4) is 11.8 Å². The van der Waals surface area contributed by atoms with Crippen molar-refractivity contribution < 1.29 is 19.1 Å². The quantitative estimate of drug-likeness (QED) is 0.732. The van der Waals surface area contributed by atoms with Crippen LogP contribution in [0, 0.1) is 23.6 Å². The molecule has 1 saturated carbocycles. The fourth-order valence-electron chi connectivity index (χ4n) is 4.59. The number of urea groups is 1. The Morgan fingerprint density at radius 2 is 1.84 bits per heavy atom. The number of hydrogen-bond donors (Lipinski definition) is 2. The van der Waals surface area contributed by atoms with Crippen LogP contribution in [0.5, 0.6) is 0 Å². The third-order valence-corrected chi connectivity index (χ3v) is 6.43. The summed E-state index contributed by atoms with van der Waals surface area (Å²) in [6.45, 7) is 0.184. The van der Waals surface area contributed by atoms with Crippen LogP contribution in [-0.4, -0.2) is 58.6 Å². The summed E-state index contributed by atoms with van der Waals surface area (Å²) in [6.07, 6.45) is 2.37. The van der Waals surface area contributed by atoms with Gasteiger partial charge in [0.15, 0.2) is 0 Å². The zero-order valence-electron chi connectivity index (χ0n) is 17.5. The van der Waals surface area contributed by atoms with E-state index in [-0.39, 0.29) is 42.9 Å². The lowest BCUT2D eigenvalue weighted by Gasteiger charge is -2.58. The summed E-state index contributed by atoms with van der Waals surface area (Å²) in [7, 11) is 0. The molecule has 1 aliphatic carbocycles. The first-order valence-electron chi connectivity index (χ1n) is 10.9. The predicted molar refractivity (Wildman–Crippen MR) is 117 cm³/mol. The number of amides is 3. The van der Waals surface area contributed by atoms with Crippen molar-refractivity contribution in [3.63, 3.8) is 0 Å². The van der Waals surface area contributed by atoms with E-state index in [1.165, 1.54) is 42.0 Å². The number of piperazine rings is 1. The van der Waals surface area contributed by atoms with Gasteiger partial charge < -0.3 is 20.2 Å². The van der Waals surface area contributed by atoms with Crippen LogP contribution < -0.4 is 5.32 Å². The number of halogens is 1. The SMILES string of the molecule is O=C(Nc1ccc(F)cc1)N1CC(=O)N2[C@H](CO)[C@H](c3ccc(C#CC4CC4)cc3)[C@H]2C1. The van der Waals surface area contributed by atoms with Gasteiger partial charge in [0.25, 0.3) is 0 Å². The van der Waals surface area contributed by atoms with Crippen LogP contribution in [-0.2, 0) is 4.79 Å². The van der Waals surface area contributed by atoms with E-state index in [2.05, 4.69) is 17.2 Å². The molecule has 2 saturated heterocycles. The highest BCUT2D eigenvalue weighted by atomic mass is 19.1. The number of nitrogens with one attached hydrogen (secondary N) is 1. The van der Waals surface area contributed by atoms with E-state index in [9.17, 15) is 19.1 Å². The standard InChI is InChI=1S/C25H24FN3O3/c26-19-9-11-20(12-10-19)27-25(32)28-13-21-24(22(15-30)29(21)23(31)14-28)18-7-5-17(6-8-18)4-3-16-1-2-16/h5-12,16,21-22,24,30H,1-2,13-15H2,(H,27,32)/t21-,22-,24-/m1/s1. The number of hydrogen-bond acceptors (Lipinski definition) is 3. The molecule has 0 unspecified atom stereocenters. The van der Waals surface area contributed by atoms with Gasteiger partial charge in [0, 0.05) is 29.6 Å². The van der Waals surface area contributed by atoms with Gasteiger partial charge in [0.2, 0.25) is 5.91 Å². The molecule has 2 aromatic carbocycles. The topological polar surface area (TPSA) is 72.9 Å². The number of nitrogens with zero attached hydrogens (tertiary/aromatic N) is 2. The first kappa shape index (κ1) is 20.5. The maximum absolute atomic E-state index is 13.1. The summed E-state index contributed by atoms with van der Waals surface area (Å²) in [5.41, 5.74) is 2.45. The molecule has 3 amide bonds. The van der Waals surface area contributed by atoms with Gasteiger partial charge in [0.1, 0.15) is 12.4 Å². The number of carbonyl (C=O) groups is 2. The number of aliphatic hydroxyl groups is 1. The van der Waals surface area contributed by atoms with Crippen molar-refractivity contribution in [3.05, 3.63) is 65.5 Å². The summed E-state index contributed by atoms with van der Waals surface area (Å²) in [5.74, 6) is 6.35. The van der Waals surface area contributed by atoms with Gasteiger partial charge in [-0.25, -0.2) is 9.18 Å². The summed E-state index contributed by atoms with van der Waals surface area (Å²) < 4.78 is 13.1. The fraction of sp³-hybridized carbons (Fsp3) is 0.360. The number of rotatable bonds is 3. The van der Waals surface area contributed by atoms with Crippen LogP contribution in [0.1, 0.15) is 29.9 Å². The van der Waals surface area contributed by atoms with E-state index < -0.39 is 6.03 Å². The molecule has 32 heavy (non-hydrogen) atoms. The molecule has 3 aliphatic rings. The van der Waals surface area contributed by atoms with E-state index in [0.29, 0.717) is 18.2 Å². The molecule has 3 fully saturated rings. The van der Waals surface area contributed by atoms with Crippen LogP contribution in [0.3, 0.4) is 0 Å². The number of aliphatic hydroxyl groups excluding tert-OH is 1. The molecule has 2 aromatic rings. The minimum atomic E-state index is -0.401. The predicted octanol–water partition coefficient (Wildman–Crippen LogP) is 2.79. The number of fused-ring (bicyclic) bond motifs is 1. The fourth-order valence-corrected chi connectivity index (χ4v) is 4.59. The number of carbonyl (C=O) groups excluding carboxylic acids is 2. The molecule has 6 nitrogen and oxygen atoms in total. The summed E-state index contributed by atoms with van der Waals surface area (Å²) >= 11 is 0. The Morgan fingerprint density at radius 3 is 2.50 bits per heavy atom. The lowest BCUT2D eigenvalue weighted by molar-refractivity contribution is -0.159. The van der Waals surface area contributed by atoms with Gasteiger partial charge >= 0.3 is 6.03 Å². The van der Waals surface area contributed by atoms with Crippen molar-refractivity contribution >= 4 is 17.6 Å². The smallest absolute Gasteiger partial charge is 0.322 e. The first-order valence-corrected chi connectivity index (χ1v) is 10.9. The molecule has 0 spiro atoms. The van der Waals surface area contributed by atoms with Crippen LogP contribution in [0.25, 0.3) is 0 Å². The Hall–Kier alpha value is -3.37. The molecule has 2 heterocycles. The van der Waals surface area contributed by atoms with E-state index in [0.717, 1.165) is 11.1 Å². The average molecular weight is 433 g/mol. The lowest BCUT2D eigenvalue weighted by Crippen LogP contribution is -2.73. The molecule has 5 rings (SSSR count). The second-order valence-electron chi connectivity index (χ2n) is 8.63. The molecular formula is C25H24FN3O3. The summed E-state index contributed by atoms with van der Waals surface area (Å²) in [4.78, 5) is 28.7. The first-order chi connectivity index (χ1) is 15.5. The molecule has 2 N–H and O–H groups in total. The van der Waals surface area contributed by atoms with Crippen molar-refractivity contribution in [1.29, 1.82) is 0 Å². The molecule has 2 aliphatic heterocycles. The van der Waals surface area contributed by atoms with E-state index in [1.807, 2.05) is 24.3 Å². The summed E-state index contributed by atoms with van der Waals surface area (Å²) in [5, 5.41) is 12.7. The molecule has 0 bridgehead atoms. The molecule has 0 radical (unpaired) electrons. The Kier molecular flexibility index (Phi) is 5.32. The monoisotopic (exact) mass is 433 g/mol. The van der Waals surface area contributed by atoms with E-state index in [4.69, 9.17) is 0 Å². The van der Waals surface area contributed by atoms with Gasteiger partial charge in [-0.2, -0.15) is 0 Å². The molecule has 3 atom stereocenters. The Balaban J connectivity index is 1.30. The second kappa shape index (κ2) is 8.29. The highest BCUT2D eigenvalue weighted by Crippen LogP contribution is 2.43. The molecular weight excluding hydrogens is 409 g/mol. The zero-order chi connectivity index (χ0) is 22.2. The summed E-state index contributed by atoms with van der Waals surface area (Å²) in [6, 6.07) is 12.6. The van der Waals surface area contributed by atoms with Crippen molar-refractivity contribution in [2.75, 3.05) is 25.0 Å². The third-order valence-electron chi connectivity index (χ3n) is 6.43. The van der Waals surface area contributed by atoms with Crippen molar-refractivity contribution in [2.24, 2.45) is 5.92 Å². The Morgan fingerprint density at radius 1 is 1.12 bits per heavy atom. The molecule has 7 heteroatoms. The lowest BCUT2D eigenvalue weighted by atomic mass is 9.73. The van der Waals surface area contributed by atoms with Gasteiger partial charge in [-0.05, 0) is 54.8 Å². The van der Waals surface area contributed by atoms with Gasteiger partial charge in [-0.1, -0.05) is 24.0 Å². The largest absolute Gasteiger partial charge is 0.394 e. The van der Waals surface area contributed by atoms with Gasteiger partial charge in [0.05, 0.1) is 18.7 Å². The van der Waals surface area contributed by atoms with E-state index >= 15 is 0 Å². The highest BCUT2D eigenvalue weighted by molar-refractivity contribution is 5.93. The second-order valence-corrected chi connectivity index (χ2v) is 8.63. The minimum Gasteiger partial charge on any atom is -0.394 e. The number of benzene rings is 2. The molecule has 0 aromatic heterocycles. The maximum atomic E-state index is 13.1. The van der Waals surface area contributed by atoms with Crippen LogP contribution in [0.15, 0.2) is 48.5 Å². The van der Waals surface area contributed by atoms with Gasteiger partial charge in [-0.15, -0.1) is 0 Å². The van der Waals surface area contributed by atoms with Crippen LogP contribution in [0.2, 0.25) is 0 Å². The zero-order valence-corrected chi connectivity index (χ0v) is 17.5. The third kappa shape index (κ3) is 3.94. The average Bonchev–Trinajstić information content (AvgIpc) is 3.60. The van der Waals surface area contributed by atoms with Crippen molar-refractivity contribution in [1.82, 2.24) is 9.80 Å². The highest BCUT2D eigenvalue weighted by Gasteiger charge is 2.54. The Bertz CT molecular complexity index is 1090. The maximum Gasteiger partial charge on any atom is 0.322 e. The number of anilines is 1. The normalized spacial score (nSPS) is 24.2. The van der Waals surface area contributed by atoms with Crippen LogP contribution >= 0.6 is 0 Å². The van der Waals surface area contributed by atoms with E-state index in [1.54, 1.807) is 4.90 Å². The Labute approximate surface area is 186 Å². The van der Waals surface area contributed by atoms with Crippen LogP contribution in [0.4, 0.5) is 14.9 Å². The van der Waals surface area contributed by atoms with Gasteiger partial charge in [-0.3, -0.25) is 4.79 Å². The minimum absolute atomic E-state index is 0.0531. The van der Waals surface area contributed by atoms with Crippen molar-refractivity contribution in [2.45, 2.75) is 30.8 Å².